The average molecular weight is 223 g/mol. The lowest BCUT2D eigenvalue weighted by Crippen LogP contribution is -2.40. The van der Waals surface area contributed by atoms with Gasteiger partial charge in [0.15, 0.2) is 0 Å². The molecule has 88 valence electrons. The lowest BCUT2D eigenvalue weighted by molar-refractivity contribution is 0.131. The Morgan fingerprint density at radius 3 is 2.81 bits per heavy atom. The third kappa shape index (κ3) is 2.42. The predicted octanol–water partition coefficient (Wildman–Crippen LogP) is 2.39. The molecule has 1 aliphatic heterocycles. The Bertz CT molecular complexity index is 378. The van der Waals surface area contributed by atoms with Crippen LogP contribution >= 0.6 is 0 Å². The van der Waals surface area contributed by atoms with Gasteiger partial charge in [-0.15, -0.1) is 0 Å². The van der Waals surface area contributed by atoms with Crippen molar-refractivity contribution in [2.45, 2.75) is 44.4 Å². The predicted molar refractivity (Wildman–Crippen MR) is 61.6 cm³/mol. The minimum atomic E-state index is -0.627. The Morgan fingerprint density at radius 2 is 2.25 bits per heavy atom. The van der Waals surface area contributed by atoms with Crippen molar-refractivity contribution < 1.29 is 9.50 Å². The Labute approximate surface area is 95.5 Å². The first-order valence-electron chi connectivity index (χ1n) is 5.69. The molecule has 0 bridgehead atoms. The van der Waals surface area contributed by atoms with Crippen LogP contribution in [0.15, 0.2) is 24.3 Å². The average Bonchev–Trinajstić information content (AvgIpc) is 2.58. The molecule has 1 aromatic carbocycles. The molecule has 0 amide bonds. The highest BCUT2D eigenvalue weighted by atomic mass is 19.1. The van der Waals surface area contributed by atoms with Crippen molar-refractivity contribution in [1.82, 2.24) is 5.32 Å². The highest BCUT2D eigenvalue weighted by molar-refractivity contribution is 5.21. The van der Waals surface area contributed by atoms with Crippen LogP contribution in [-0.2, 0) is 0 Å². The number of hydrogen-bond acceptors (Lipinski definition) is 2. The second-order valence-electron chi connectivity index (χ2n) is 5.17. The molecule has 2 atom stereocenters. The summed E-state index contributed by atoms with van der Waals surface area (Å²) in [7, 11) is 0. The molecular formula is C13H18FNO. The number of hydrogen-bond donors (Lipinski definition) is 2. The summed E-state index contributed by atoms with van der Waals surface area (Å²) in [6.07, 6.45) is 1.33. The summed E-state index contributed by atoms with van der Waals surface area (Å²) in [5, 5.41) is 13.5. The zero-order valence-electron chi connectivity index (χ0n) is 9.70. The van der Waals surface area contributed by atoms with Gasteiger partial charge in [-0.05, 0) is 44.4 Å². The van der Waals surface area contributed by atoms with Crippen molar-refractivity contribution in [1.29, 1.82) is 0 Å². The molecule has 0 unspecified atom stereocenters. The number of aliphatic hydroxyl groups is 1. The fourth-order valence-corrected chi connectivity index (χ4v) is 2.32. The summed E-state index contributed by atoms with van der Waals surface area (Å²) in [4.78, 5) is 0. The molecule has 2 N–H and O–H groups in total. The Morgan fingerprint density at radius 1 is 1.50 bits per heavy atom. The van der Waals surface area contributed by atoms with E-state index in [-0.39, 0.29) is 17.4 Å². The quantitative estimate of drug-likeness (QED) is 0.807. The SMILES string of the molecule is CC1(C)CC[C@@H]([C@@H](O)c2cccc(F)c2)N1. The molecule has 1 fully saturated rings. The number of nitrogens with one attached hydrogen (secondary N) is 1. The summed E-state index contributed by atoms with van der Waals surface area (Å²) >= 11 is 0. The third-order valence-electron chi connectivity index (χ3n) is 3.23. The van der Waals surface area contributed by atoms with E-state index >= 15 is 0 Å². The molecule has 1 heterocycles. The van der Waals surface area contributed by atoms with Crippen molar-refractivity contribution in [3.05, 3.63) is 35.6 Å². The van der Waals surface area contributed by atoms with Gasteiger partial charge in [-0.3, -0.25) is 0 Å². The van der Waals surface area contributed by atoms with Crippen molar-refractivity contribution in [3.8, 4) is 0 Å². The van der Waals surface area contributed by atoms with Crippen LogP contribution in [0.1, 0.15) is 38.4 Å². The standard InChI is InChI=1S/C13H18FNO/c1-13(2)7-6-11(15-13)12(16)9-4-3-5-10(14)8-9/h3-5,8,11-12,15-16H,6-7H2,1-2H3/t11-,12-/m0/s1. The molecule has 0 spiro atoms. The number of halogens is 1. The Balaban J connectivity index is 2.11. The zero-order valence-corrected chi connectivity index (χ0v) is 9.70. The minimum Gasteiger partial charge on any atom is -0.387 e. The molecule has 16 heavy (non-hydrogen) atoms. The van der Waals surface area contributed by atoms with Crippen LogP contribution in [0.25, 0.3) is 0 Å². The van der Waals surface area contributed by atoms with Crippen LogP contribution in [0.5, 0.6) is 0 Å². The van der Waals surface area contributed by atoms with Gasteiger partial charge < -0.3 is 10.4 Å². The fraction of sp³-hybridized carbons (Fsp3) is 0.538. The maximum atomic E-state index is 13.0. The van der Waals surface area contributed by atoms with Crippen LogP contribution in [-0.4, -0.2) is 16.7 Å². The first-order chi connectivity index (χ1) is 7.48. The van der Waals surface area contributed by atoms with E-state index in [1.54, 1.807) is 12.1 Å². The van der Waals surface area contributed by atoms with Gasteiger partial charge in [0.2, 0.25) is 0 Å². The van der Waals surface area contributed by atoms with E-state index in [1.165, 1.54) is 12.1 Å². The van der Waals surface area contributed by atoms with Gasteiger partial charge in [-0.2, -0.15) is 0 Å². The van der Waals surface area contributed by atoms with Crippen molar-refractivity contribution in [2.24, 2.45) is 0 Å². The molecule has 0 aromatic heterocycles. The first-order valence-corrected chi connectivity index (χ1v) is 5.69. The van der Waals surface area contributed by atoms with Crippen molar-refractivity contribution in [3.63, 3.8) is 0 Å². The van der Waals surface area contributed by atoms with Gasteiger partial charge in [-0.1, -0.05) is 12.1 Å². The lowest BCUT2D eigenvalue weighted by atomic mass is 10.00. The molecule has 2 nitrogen and oxygen atoms in total. The third-order valence-corrected chi connectivity index (χ3v) is 3.23. The molecule has 0 aliphatic carbocycles. The van der Waals surface area contributed by atoms with Crippen LogP contribution in [0.4, 0.5) is 4.39 Å². The molecule has 0 saturated carbocycles. The summed E-state index contributed by atoms with van der Waals surface area (Å²) in [5.41, 5.74) is 0.717. The molecule has 2 rings (SSSR count). The fourth-order valence-electron chi connectivity index (χ4n) is 2.32. The first kappa shape index (κ1) is 11.6. The van der Waals surface area contributed by atoms with E-state index in [1.807, 2.05) is 0 Å². The van der Waals surface area contributed by atoms with Crippen LogP contribution in [0, 0.1) is 5.82 Å². The number of benzene rings is 1. The summed E-state index contributed by atoms with van der Waals surface area (Å²) in [6, 6.07) is 6.21. The largest absolute Gasteiger partial charge is 0.387 e. The monoisotopic (exact) mass is 223 g/mol. The van der Waals surface area contributed by atoms with Gasteiger partial charge in [0, 0.05) is 11.6 Å². The molecule has 3 heteroatoms. The highest BCUT2D eigenvalue weighted by Crippen LogP contribution is 2.30. The molecule has 1 saturated heterocycles. The van der Waals surface area contributed by atoms with E-state index in [0.29, 0.717) is 5.56 Å². The number of aliphatic hydroxyl groups excluding tert-OH is 1. The van der Waals surface area contributed by atoms with Gasteiger partial charge in [0.05, 0.1) is 6.10 Å². The van der Waals surface area contributed by atoms with E-state index in [0.717, 1.165) is 12.8 Å². The zero-order chi connectivity index (χ0) is 11.8. The summed E-state index contributed by atoms with van der Waals surface area (Å²) < 4.78 is 13.0. The van der Waals surface area contributed by atoms with Crippen molar-refractivity contribution >= 4 is 0 Å². The van der Waals surface area contributed by atoms with Crippen LogP contribution < -0.4 is 5.32 Å². The van der Waals surface area contributed by atoms with Gasteiger partial charge >= 0.3 is 0 Å². The maximum absolute atomic E-state index is 13.0. The Hall–Kier alpha value is -0.930. The second kappa shape index (κ2) is 4.15. The van der Waals surface area contributed by atoms with Crippen LogP contribution in [0.2, 0.25) is 0 Å². The smallest absolute Gasteiger partial charge is 0.123 e. The maximum Gasteiger partial charge on any atom is 0.123 e. The second-order valence-corrected chi connectivity index (χ2v) is 5.17. The molecule has 0 radical (unpaired) electrons. The summed E-state index contributed by atoms with van der Waals surface area (Å²) in [5.74, 6) is -0.297. The summed E-state index contributed by atoms with van der Waals surface area (Å²) in [6.45, 7) is 4.23. The van der Waals surface area contributed by atoms with E-state index < -0.39 is 6.10 Å². The number of rotatable bonds is 2. The molecule has 1 aliphatic rings. The van der Waals surface area contributed by atoms with E-state index in [9.17, 15) is 9.50 Å². The highest BCUT2D eigenvalue weighted by Gasteiger charge is 2.34. The molecule has 1 aromatic rings. The lowest BCUT2D eigenvalue weighted by Gasteiger charge is -2.23. The van der Waals surface area contributed by atoms with Gasteiger partial charge in [-0.25, -0.2) is 4.39 Å². The van der Waals surface area contributed by atoms with E-state index in [2.05, 4.69) is 19.2 Å². The Kier molecular flexibility index (Phi) is 3.00. The van der Waals surface area contributed by atoms with Crippen LogP contribution in [0.3, 0.4) is 0 Å². The molecular weight excluding hydrogens is 205 g/mol. The topological polar surface area (TPSA) is 32.3 Å². The van der Waals surface area contributed by atoms with E-state index in [4.69, 9.17) is 0 Å². The van der Waals surface area contributed by atoms with Gasteiger partial charge in [0.25, 0.3) is 0 Å². The minimum absolute atomic E-state index is 0.0248. The van der Waals surface area contributed by atoms with Gasteiger partial charge in [0.1, 0.15) is 5.82 Å². The normalized spacial score (nSPS) is 25.6. The van der Waals surface area contributed by atoms with Crippen molar-refractivity contribution in [2.75, 3.05) is 0 Å².